The van der Waals surface area contributed by atoms with Crippen LogP contribution in [0.1, 0.15) is 65.0 Å². The van der Waals surface area contributed by atoms with Crippen molar-refractivity contribution in [2.75, 3.05) is 17.3 Å². The minimum atomic E-state index is -4.47. The van der Waals surface area contributed by atoms with Crippen LogP contribution in [0.4, 0.5) is 18.9 Å². The number of carbonyl (C=O) groups is 1. The number of nitrogens with zero attached hydrogens (tertiary/aromatic N) is 1. The molecule has 0 saturated heterocycles. The van der Waals surface area contributed by atoms with Gasteiger partial charge in [0.25, 0.3) is 0 Å². The molecule has 1 amide bonds. The summed E-state index contributed by atoms with van der Waals surface area (Å²) in [5, 5.41) is 4.44. The van der Waals surface area contributed by atoms with E-state index in [4.69, 9.17) is 17.3 Å². The van der Waals surface area contributed by atoms with Gasteiger partial charge in [0.2, 0.25) is 5.91 Å². The molecule has 0 radical (unpaired) electrons. The van der Waals surface area contributed by atoms with Gasteiger partial charge >= 0.3 is 6.18 Å². The number of primary amides is 1. The Kier molecular flexibility index (Phi) is 8.83. The van der Waals surface area contributed by atoms with E-state index in [1.54, 1.807) is 12.1 Å². The van der Waals surface area contributed by atoms with Crippen molar-refractivity contribution < 1.29 is 18.0 Å². The fraction of sp³-hybridized carbons (Fsp3) is 0.655. The number of pyridine rings is 1. The second-order valence-corrected chi connectivity index (χ2v) is 13.3. The molecule has 0 aliphatic heterocycles. The lowest BCUT2D eigenvalue weighted by Gasteiger charge is -2.61. The van der Waals surface area contributed by atoms with Crippen LogP contribution in [-0.2, 0) is 11.0 Å². The van der Waals surface area contributed by atoms with Gasteiger partial charge in [-0.2, -0.15) is 24.9 Å². The smallest absolute Gasteiger partial charge is 0.382 e. The summed E-state index contributed by atoms with van der Waals surface area (Å²) < 4.78 is 39.5. The molecule has 1 aromatic heterocycles. The first-order valence-corrected chi connectivity index (χ1v) is 15.3. The van der Waals surface area contributed by atoms with Gasteiger partial charge < -0.3 is 11.1 Å². The number of hydrogen-bond donors (Lipinski definition) is 2. The van der Waals surface area contributed by atoms with Gasteiger partial charge in [0.1, 0.15) is 5.69 Å². The molecule has 0 spiro atoms. The Labute approximate surface area is 233 Å². The zero-order valence-corrected chi connectivity index (χ0v) is 24.1. The molecule has 4 saturated carbocycles. The van der Waals surface area contributed by atoms with Gasteiger partial charge in [-0.1, -0.05) is 32.4 Å². The van der Waals surface area contributed by atoms with E-state index in [1.165, 1.54) is 12.5 Å². The lowest BCUT2D eigenvalue weighted by Crippen LogP contribution is -2.57. The number of benzene rings is 1. The van der Waals surface area contributed by atoms with Crippen molar-refractivity contribution in [3.8, 4) is 0 Å². The monoisotopic (exact) mass is 569 g/mol. The third-order valence-electron chi connectivity index (χ3n) is 9.39. The van der Waals surface area contributed by atoms with E-state index in [0.29, 0.717) is 38.9 Å². The van der Waals surface area contributed by atoms with Crippen LogP contribution in [0.15, 0.2) is 24.3 Å². The van der Waals surface area contributed by atoms with E-state index < -0.39 is 11.9 Å². The van der Waals surface area contributed by atoms with Gasteiger partial charge in [-0.25, -0.2) is 4.98 Å². The van der Waals surface area contributed by atoms with Crippen molar-refractivity contribution in [1.82, 2.24) is 4.98 Å². The van der Waals surface area contributed by atoms with E-state index in [9.17, 15) is 18.0 Å². The van der Waals surface area contributed by atoms with Gasteiger partial charge in [-0.15, -0.1) is 0 Å². The molecular weight excluding hydrogens is 531 g/mol. The average Bonchev–Trinajstić information content (AvgIpc) is 2.85. The molecule has 9 heteroatoms. The number of carbonyl (C=O) groups excluding carboxylic acids is 1. The number of aromatic nitrogens is 1. The number of halogens is 4. The maximum atomic E-state index is 13.2. The zero-order chi connectivity index (χ0) is 27.8. The number of thioether (sulfide) groups is 1. The van der Waals surface area contributed by atoms with Crippen LogP contribution in [0.3, 0.4) is 0 Å². The molecule has 38 heavy (non-hydrogen) atoms. The number of alkyl halides is 3. The Hall–Kier alpha value is -1.67. The van der Waals surface area contributed by atoms with Crippen molar-refractivity contribution in [3.63, 3.8) is 0 Å². The summed E-state index contributed by atoms with van der Waals surface area (Å²) in [4.78, 5) is 14.9. The molecule has 4 atom stereocenters. The molecule has 210 valence electrons. The predicted octanol–water partition coefficient (Wildman–Crippen LogP) is 8.03. The number of fused-ring (bicyclic) bond motifs is 3. The first-order valence-electron chi connectivity index (χ1n) is 13.5. The highest BCUT2D eigenvalue weighted by atomic mass is 35.5. The van der Waals surface area contributed by atoms with Crippen LogP contribution >= 0.6 is 23.4 Å². The minimum absolute atomic E-state index is 0.0855. The number of hydrogen-bond acceptors (Lipinski definition) is 4. The second kappa shape index (κ2) is 11.4. The second-order valence-electron chi connectivity index (χ2n) is 12.0. The molecule has 4 fully saturated rings. The maximum absolute atomic E-state index is 13.2. The summed E-state index contributed by atoms with van der Waals surface area (Å²) in [6.45, 7) is 6.86. The molecule has 4 unspecified atom stereocenters. The lowest BCUT2D eigenvalue weighted by molar-refractivity contribution is -0.151. The molecule has 2 bridgehead atoms. The third kappa shape index (κ3) is 6.22. The Morgan fingerprint density at radius 2 is 1.87 bits per heavy atom. The van der Waals surface area contributed by atoms with Crippen LogP contribution in [0.25, 0.3) is 10.9 Å². The van der Waals surface area contributed by atoms with Gasteiger partial charge in [-0.05, 0) is 104 Å². The molecule has 4 aliphatic carbocycles. The number of nitrogens with two attached hydrogens (primary N) is 1. The highest BCUT2D eigenvalue weighted by Gasteiger charge is 2.57. The SMILES string of the molecule is CC1C(C(N)=O)CC2CC1C2(C)C.CSCC1CCC(Nc2cc(C(F)(F)F)nc3ccc(Cl)cc23)CC1. The van der Waals surface area contributed by atoms with Crippen molar-refractivity contribution in [1.29, 1.82) is 0 Å². The van der Waals surface area contributed by atoms with Crippen molar-refractivity contribution in [2.45, 2.75) is 71.5 Å². The molecular formula is C29H39ClF3N3OS. The van der Waals surface area contributed by atoms with Crippen molar-refractivity contribution in [3.05, 3.63) is 35.0 Å². The molecule has 1 heterocycles. The number of nitrogens with one attached hydrogen (secondary N) is 1. The molecule has 6 rings (SSSR count). The van der Waals surface area contributed by atoms with Crippen molar-refractivity contribution >= 4 is 45.9 Å². The highest BCUT2D eigenvalue weighted by molar-refractivity contribution is 7.98. The molecule has 1 aromatic carbocycles. The van der Waals surface area contributed by atoms with Gasteiger partial charge in [-0.3, -0.25) is 4.79 Å². The fourth-order valence-electron chi connectivity index (χ4n) is 6.92. The van der Waals surface area contributed by atoms with E-state index >= 15 is 0 Å². The molecule has 4 nitrogen and oxygen atoms in total. The van der Waals surface area contributed by atoms with Gasteiger partial charge in [0.05, 0.1) is 5.52 Å². The van der Waals surface area contributed by atoms with Crippen LogP contribution < -0.4 is 11.1 Å². The fourth-order valence-corrected chi connectivity index (χ4v) is 7.89. The topological polar surface area (TPSA) is 68.0 Å². The molecule has 2 aromatic rings. The number of anilines is 1. The first kappa shape index (κ1) is 29.3. The highest BCUT2D eigenvalue weighted by Crippen LogP contribution is 2.62. The number of amides is 1. The van der Waals surface area contributed by atoms with E-state index in [-0.39, 0.29) is 17.9 Å². The normalized spacial score (nSPS) is 30.1. The van der Waals surface area contributed by atoms with Gasteiger partial charge in [0, 0.05) is 28.1 Å². The maximum Gasteiger partial charge on any atom is 0.433 e. The van der Waals surface area contributed by atoms with Crippen molar-refractivity contribution in [2.24, 2.45) is 40.7 Å². The Morgan fingerprint density at radius 3 is 2.42 bits per heavy atom. The summed E-state index contributed by atoms with van der Waals surface area (Å²) >= 11 is 7.89. The van der Waals surface area contributed by atoms with E-state index in [2.05, 4.69) is 37.3 Å². The minimum Gasteiger partial charge on any atom is -0.382 e. The Bertz CT molecular complexity index is 1150. The zero-order valence-electron chi connectivity index (χ0n) is 22.6. The van der Waals surface area contributed by atoms with Crippen LogP contribution in [0.5, 0.6) is 0 Å². The van der Waals surface area contributed by atoms with E-state index in [0.717, 1.165) is 55.8 Å². The lowest BCUT2D eigenvalue weighted by atomic mass is 9.43. The van der Waals surface area contributed by atoms with E-state index in [1.807, 2.05) is 11.8 Å². The summed E-state index contributed by atoms with van der Waals surface area (Å²) in [6, 6.07) is 6.06. The van der Waals surface area contributed by atoms with Crippen LogP contribution in [0, 0.1) is 35.0 Å². The summed E-state index contributed by atoms with van der Waals surface area (Å²) in [6.07, 6.45) is 4.13. The standard InChI is InChI=1S/C18H20ClF3N2S.C11H19NO/c1-25-10-11-2-5-13(6-3-11)23-16-9-17(18(20,21)22)24-15-7-4-12(19)8-14(15)16;1-6-8(10(12)13)4-7-5-9(6)11(7,2)3/h4,7-9,11,13H,2-3,5-6,10H2,1H3,(H,23,24);6-9H,4-5H2,1-3H3,(H2,12,13). The summed E-state index contributed by atoms with van der Waals surface area (Å²) in [7, 11) is 0. The number of rotatable bonds is 5. The van der Waals surface area contributed by atoms with Crippen LogP contribution in [0.2, 0.25) is 5.02 Å². The quantitative estimate of drug-likeness (QED) is 0.382. The Balaban J connectivity index is 0.000000216. The third-order valence-corrected chi connectivity index (χ3v) is 10.4. The van der Waals surface area contributed by atoms with Crippen LogP contribution in [-0.4, -0.2) is 28.9 Å². The summed E-state index contributed by atoms with van der Waals surface area (Å²) in [5.74, 6) is 3.89. The average molecular weight is 570 g/mol. The predicted molar refractivity (Wildman–Crippen MR) is 151 cm³/mol. The Morgan fingerprint density at radius 1 is 1.18 bits per heavy atom. The molecule has 3 N–H and O–H groups in total. The molecule has 4 aliphatic rings. The largest absolute Gasteiger partial charge is 0.433 e. The summed E-state index contributed by atoms with van der Waals surface area (Å²) in [5.41, 5.74) is 5.75. The first-order chi connectivity index (χ1) is 17.8. The van der Waals surface area contributed by atoms with Gasteiger partial charge in [0.15, 0.2) is 0 Å².